The summed E-state index contributed by atoms with van der Waals surface area (Å²) in [7, 11) is 1.57. The van der Waals surface area contributed by atoms with Crippen LogP contribution in [0.3, 0.4) is 0 Å². The van der Waals surface area contributed by atoms with Crippen molar-refractivity contribution in [3.05, 3.63) is 95.1 Å². The number of hydrogen-bond donors (Lipinski definition) is 1. The molecule has 0 saturated heterocycles. The Morgan fingerprint density at radius 2 is 1.83 bits per heavy atom. The van der Waals surface area contributed by atoms with Crippen LogP contribution in [0.5, 0.6) is 5.75 Å². The van der Waals surface area contributed by atoms with Crippen molar-refractivity contribution in [3.8, 4) is 17.6 Å². The van der Waals surface area contributed by atoms with Gasteiger partial charge in [-0.05, 0) is 53.9 Å². The third-order valence-corrected chi connectivity index (χ3v) is 5.22. The van der Waals surface area contributed by atoms with Gasteiger partial charge in [-0.2, -0.15) is 0 Å². The molecule has 4 nitrogen and oxygen atoms in total. The fraction of sp³-hybridized carbons (Fsp3) is 0.192. The number of methoxy groups -OCH3 is 1. The third-order valence-electron chi connectivity index (χ3n) is 5.22. The minimum Gasteiger partial charge on any atom is -0.496 e. The zero-order chi connectivity index (χ0) is 20.8. The lowest BCUT2D eigenvalue weighted by molar-refractivity contribution is 0.102. The largest absolute Gasteiger partial charge is 0.496 e. The SMILES string of the molecule is COc1ccccc1C(=O)Nc1ccc2c(c1)CN(CC#Cc1ccccc1)CC2. The summed E-state index contributed by atoms with van der Waals surface area (Å²) in [6, 6.07) is 23.4. The van der Waals surface area contributed by atoms with Crippen LogP contribution in [0, 0.1) is 11.8 Å². The van der Waals surface area contributed by atoms with E-state index in [4.69, 9.17) is 4.74 Å². The Labute approximate surface area is 177 Å². The highest BCUT2D eigenvalue weighted by Crippen LogP contribution is 2.24. The van der Waals surface area contributed by atoms with Gasteiger partial charge in [0, 0.05) is 24.3 Å². The molecule has 1 heterocycles. The Hall–Kier alpha value is -3.55. The van der Waals surface area contributed by atoms with Gasteiger partial charge < -0.3 is 10.1 Å². The zero-order valence-electron chi connectivity index (χ0n) is 17.0. The molecule has 1 aliphatic rings. The Morgan fingerprint density at radius 1 is 1.03 bits per heavy atom. The number of amides is 1. The molecular weight excluding hydrogens is 372 g/mol. The lowest BCUT2D eigenvalue weighted by Gasteiger charge is -2.27. The van der Waals surface area contributed by atoms with Gasteiger partial charge in [0.2, 0.25) is 0 Å². The average molecular weight is 396 g/mol. The zero-order valence-corrected chi connectivity index (χ0v) is 17.0. The van der Waals surface area contributed by atoms with E-state index >= 15 is 0 Å². The van der Waals surface area contributed by atoms with Crippen LogP contribution in [0.1, 0.15) is 27.0 Å². The number of hydrogen-bond acceptors (Lipinski definition) is 3. The first-order valence-electron chi connectivity index (χ1n) is 10.1. The number of nitrogens with zero attached hydrogens (tertiary/aromatic N) is 1. The minimum absolute atomic E-state index is 0.172. The highest BCUT2D eigenvalue weighted by Gasteiger charge is 2.17. The summed E-state index contributed by atoms with van der Waals surface area (Å²) >= 11 is 0. The van der Waals surface area contributed by atoms with Crippen LogP contribution in [-0.4, -0.2) is 31.0 Å². The smallest absolute Gasteiger partial charge is 0.259 e. The fourth-order valence-corrected chi connectivity index (χ4v) is 3.63. The molecule has 1 aliphatic heterocycles. The standard InChI is InChI=1S/C26H24N2O2/c1-30-25-12-6-5-11-24(25)26(29)27-23-14-13-21-15-17-28(19-22(21)18-23)16-7-10-20-8-3-2-4-9-20/h2-6,8-9,11-14,18H,15-17,19H2,1H3,(H,27,29). The molecule has 3 aromatic carbocycles. The van der Waals surface area contributed by atoms with Crippen LogP contribution in [0.15, 0.2) is 72.8 Å². The summed E-state index contributed by atoms with van der Waals surface area (Å²) < 4.78 is 5.30. The molecule has 3 aromatic rings. The highest BCUT2D eigenvalue weighted by molar-refractivity contribution is 6.06. The van der Waals surface area contributed by atoms with E-state index in [1.54, 1.807) is 19.2 Å². The average Bonchev–Trinajstić information content (AvgIpc) is 2.79. The predicted octanol–water partition coefficient (Wildman–Crippen LogP) is 4.36. The number of para-hydroxylation sites is 1. The lowest BCUT2D eigenvalue weighted by Crippen LogP contribution is -2.31. The third kappa shape index (κ3) is 4.71. The summed E-state index contributed by atoms with van der Waals surface area (Å²) in [6.07, 6.45) is 0.989. The monoisotopic (exact) mass is 396 g/mol. The number of anilines is 1. The van der Waals surface area contributed by atoms with E-state index in [0.29, 0.717) is 11.3 Å². The van der Waals surface area contributed by atoms with Gasteiger partial charge in [-0.3, -0.25) is 9.69 Å². The van der Waals surface area contributed by atoms with E-state index in [-0.39, 0.29) is 5.91 Å². The second kappa shape index (κ2) is 9.30. The quantitative estimate of drug-likeness (QED) is 0.667. The number of rotatable bonds is 4. The van der Waals surface area contributed by atoms with Crippen molar-refractivity contribution in [1.29, 1.82) is 0 Å². The summed E-state index contributed by atoms with van der Waals surface area (Å²) in [6.45, 7) is 2.55. The molecule has 4 heteroatoms. The molecule has 0 aliphatic carbocycles. The first kappa shape index (κ1) is 19.8. The van der Waals surface area contributed by atoms with Gasteiger partial charge in [0.15, 0.2) is 0 Å². The van der Waals surface area contributed by atoms with Crippen molar-refractivity contribution in [2.45, 2.75) is 13.0 Å². The van der Waals surface area contributed by atoms with Gasteiger partial charge in [0.05, 0.1) is 19.2 Å². The molecule has 1 amide bonds. The van der Waals surface area contributed by atoms with Crippen molar-refractivity contribution in [2.75, 3.05) is 25.5 Å². The molecular formula is C26H24N2O2. The van der Waals surface area contributed by atoms with E-state index in [1.165, 1.54) is 11.1 Å². The van der Waals surface area contributed by atoms with E-state index in [9.17, 15) is 4.79 Å². The first-order chi connectivity index (χ1) is 14.7. The van der Waals surface area contributed by atoms with Crippen LogP contribution in [0.25, 0.3) is 0 Å². The summed E-state index contributed by atoms with van der Waals surface area (Å²) in [4.78, 5) is 15.0. The lowest BCUT2D eigenvalue weighted by atomic mass is 9.99. The molecule has 0 unspecified atom stereocenters. The van der Waals surface area contributed by atoms with Crippen LogP contribution >= 0.6 is 0 Å². The summed E-state index contributed by atoms with van der Waals surface area (Å²) in [5.41, 5.74) is 4.92. The Morgan fingerprint density at radius 3 is 2.67 bits per heavy atom. The predicted molar refractivity (Wildman–Crippen MR) is 120 cm³/mol. The van der Waals surface area contributed by atoms with E-state index in [2.05, 4.69) is 34.2 Å². The Balaban J connectivity index is 1.43. The van der Waals surface area contributed by atoms with Crippen molar-refractivity contribution < 1.29 is 9.53 Å². The number of carbonyl (C=O) groups excluding carboxylic acids is 1. The van der Waals surface area contributed by atoms with Crippen LogP contribution < -0.4 is 10.1 Å². The number of ether oxygens (including phenoxy) is 1. The molecule has 4 rings (SSSR count). The maximum atomic E-state index is 12.7. The van der Waals surface area contributed by atoms with Crippen molar-refractivity contribution >= 4 is 11.6 Å². The van der Waals surface area contributed by atoms with Gasteiger partial charge in [-0.25, -0.2) is 0 Å². The molecule has 0 fully saturated rings. The molecule has 0 aromatic heterocycles. The summed E-state index contributed by atoms with van der Waals surface area (Å²) in [5, 5.41) is 3.00. The van der Waals surface area contributed by atoms with Gasteiger partial charge in [-0.15, -0.1) is 0 Å². The molecule has 30 heavy (non-hydrogen) atoms. The topological polar surface area (TPSA) is 41.6 Å². The molecule has 150 valence electrons. The minimum atomic E-state index is -0.172. The van der Waals surface area contributed by atoms with Crippen molar-refractivity contribution in [2.24, 2.45) is 0 Å². The molecule has 1 N–H and O–H groups in total. The van der Waals surface area contributed by atoms with Gasteiger partial charge in [0.25, 0.3) is 5.91 Å². The maximum Gasteiger partial charge on any atom is 0.259 e. The normalized spacial score (nSPS) is 13.0. The van der Waals surface area contributed by atoms with Crippen LogP contribution in [-0.2, 0) is 13.0 Å². The summed E-state index contributed by atoms with van der Waals surface area (Å²) in [5.74, 6) is 6.89. The van der Waals surface area contributed by atoms with Crippen LogP contribution in [0.2, 0.25) is 0 Å². The molecule has 0 radical (unpaired) electrons. The van der Waals surface area contributed by atoms with Crippen molar-refractivity contribution in [3.63, 3.8) is 0 Å². The second-order valence-corrected chi connectivity index (χ2v) is 7.27. The van der Waals surface area contributed by atoms with Crippen molar-refractivity contribution in [1.82, 2.24) is 4.90 Å². The van der Waals surface area contributed by atoms with Gasteiger partial charge in [0.1, 0.15) is 5.75 Å². The van der Waals surface area contributed by atoms with E-state index in [0.717, 1.165) is 37.3 Å². The first-order valence-corrected chi connectivity index (χ1v) is 10.1. The molecule has 0 spiro atoms. The molecule has 0 bridgehead atoms. The Kier molecular flexibility index (Phi) is 6.12. The van der Waals surface area contributed by atoms with E-state index < -0.39 is 0 Å². The van der Waals surface area contributed by atoms with E-state index in [1.807, 2.05) is 48.5 Å². The van der Waals surface area contributed by atoms with Gasteiger partial charge >= 0.3 is 0 Å². The molecule has 0 atom stereocenters. The van der Waals surface area contributed by atoms with Gasteiger partial charge in [-0.1, -0.05) is 48.2 Å². The number of benzene rings is 3. The fourth-order valence-electron chi connectivity index (χ4n) is 3.63. The Bertz CT molecular complexity index is 1100. The maximum absolute atomic E-state index is 12.7. The van der Waals surface area contributed by atoms with Crippen LogP contribution in [0.4, 0.5) is 5.69 Å². The number of nitrogens with one attached hydrogen (secondary N) is 1. The number of carbonyl (C=O) groups is 1. The highest BCUT2D eigenvalue weighted by atomic mass is 16.5. The second-order valence-electron chi connectivity index (χ2n) is 7.27. The molecule has 0 saturated carbocycles. The number of fused-ring (bicyclic) bond motifs is 1.